The van der Waals surface area contributed by atoms with Crippen LogP contribution in [-0.2, 0) is 22.7 Å². The van der Waals surface area contributed by atoms with Crippen LogP contribution in [0.2, 0.25) is 0 Å². The lowest BCUT2D eigenvalue weighted by atomic mass is 10.1. The minimum Gasteiger partial charge on any atom is -0.497 e. The van der Waals surface area contributed by atoms with Gasteiger partial charge in [-0.05, 0) is 42.3 Å². The highest BCUT2D eigenvalue weighted by Crippen LogP contribution is 2.15. The summed E-state index contributed by atoms with van der Waals surface area (Å²) in [5.74, 6) is -1.29. The van der Waals surface area contributed by atoms with Gasteiger partial charge in [-0.1, -0.05) is 54.1 Å². The quantitative estimate of drug-likeness (QED) is 0.501. The van der Waals surface area contributed by atoms with Gasteiger partial charge in [-0.15, -0.1) is 0 Å². The molecule has 0 aliphatic heterocycles. The molecule has 7 nitrogen and oxygen atoms in total. The van der Waals surface area contributed by atoms with E-state index in [1.807, 2.05) is 31.2 Å². The molecule has 3 aromatic rings. The van der Waals surface area contributed by atoms with Crippen LogP contribution in [0.15, 0.2) is 72.8 Å². The number of anilines is 1. The second-order valence-electron chi connectivity index (χ2n) is 7.20. The van der Waals surface area contributed by atoms with Crippen molar-refractivity contribution in [1.82, 2.24) is 10.6 Å². The molecule has 0 saturated carbocycles. The zero-order valence-corrected chi connectivity index (χ0v) is 18.0. The van der Waals surface area contributed by atoms with Crippen molar-refractivity contribution in [3.8, 4) is 5.75 Å². The zero-order valence-electron chi connectivity index (χ0n) is 18.0. The second-order valence-corrected chi connectivity index (χ2v) is 7.20. The number of amides is 3. The Balaban J connectivity index is 1.57. The van der Waals surface area contributed by atoms with E-state index >= 15 is 0 Å². The average molecular weight is 431 g/mol. The summed E-state index contributed by atoms with van der Waals surface area (Å²) in [7, 11) is 1.57. The topological polar surface area (TPSA) is 96.5 Å². The summed E-state index contributed by atoms with van der Waals surface area (Å²) in [5, 5.41) is 7.92. The summed E-state index contributed by atoms with van der Waals surface area (Å²) < 4.78 is 5.09. The molecule has 3 aromatic carbocycles. The molecule has 32 heavy (non-hydrogen) atoms. The minimum atomic E-state index is -0.850. The summed E-state index contributed by atoms with van der Waals surface area (Å²) in [4.78, 5) is 37.2. The summed E-state index contributed by atoms with van der Waals surface area (Å²) in [6.07, 6.45) is 0. The van der Waals surface area contributed by atoms with Gasteiger partial charge < -0.3 is 20.7 Å². The Morgan fingerprint density at radius 3 is 2.00 bits per heavy atom. The highest BCUT2D eigenvalue weighted by molar-refractivity contribution is 6.40. The Morgan fingerprint density at radius 2 is 1.34 bits per heavy atom. The predicted octanol–water partition coefficient (Wildman–Crippen LogP) is 3.19. The van der Waals surface area contributed by atoms with Crippen LogP contribution >= 0.6 is 0 Å². The molecular formula is C25H25N3O4. The van der Waals surface area contributed by atoms with Crippen LogP contribution in [0.25, 0.3) is 0 Å². The highest BCUT2D eigenvalue weighted by atomic mass is 16.5. The van der Waals surface area contributed by atoms with E-state index in [9.17, 15) is 14.4 Å². The van der Waals surface area contributed by atoms with E-state index in [2.05, 4.69) is 16.0 Å². The molecule has 0 atom stereocenters. The number of carbonyl (C=O) groups is 3. The standard InChI is InChI=1S/C25H25N3O4/c1-17-7-9-18(10-8-17)15-26-23(29)21-5-3-4-6-22(21)28-25(31)24(30)27-16-19-11-13-20(32-2)14-12-19/h3-14H,15-16H2,1-2H3,(H,26,29)(H,27,30)(H,28,31). The van der Waals surface area contributed by atoms with Gasteiger partial charge >= 0.3 is 11.8 Å². The molecule has 164 valence electrons. The third-order valence-electron chi connectivity index (χ3n) is 4.81. The molecule has 0 aliphatic rings. The molecule has 0 heterocycles. The fourth-order valence-electron chi connectivity index (χ4n) is 2.96. The lowest BCUT2D eigenvalue weighted by Crippen LogP contribution is -2.35. The van der Waals surface area contributed by atoms with E-state index in [1.54, 1.807) is 55.6 Å². The number of para-hydroxylation sites is 1. The molecule has 0 aliphatic carbocycles. The Labute approximate surface area is 186 Å². The maximum absolute atomic E-state index is 12.6. The summed E-state index contributed by atoms with van der Waals surface area (Å²) in [5.41, 5.74) is 3.46. The maximum atomic E-state index is 12.6. The Kier molecular flexibility index (Phi) is 7.59. The van der Waals surface area contributed by atoms with Gasteiger partial charge in [0, 0.05) is 13.1 Å². The summed E-state index contributed by atoms with van der Waals surface area (Å²) >= 11 is 0. The van der Waals surface area contributed by atoms with Gasteiger partial charge in [0.05, 0.1) is 18.4 Å². The van der Waals surface area contributed by atoms with Crippen LogP contribution in [0.4, 0.5) is 5.69 Å². The highest BCUT2D eigenvalue weighted by Gasteiger charge is 2.17. The van der Waals surface area contributed by atoms with Gasteiger partial charge in [0.15, 0.2) is 0 Å². The average Bonchev–Trinajstić information content (AvgIpc) is 2.82. The molecule has 0 spiro atoms. The summed E-state index contributed by atoms with van der Waals surface area (Å²) in [6, 6.07) is 21.5. The van der Waals surface area contributed by atoms with E-state index in [-0.39, 0.29) is 23.7 Å². The van der Waals surface area contributed by atoms with Gasteiger partial charge in [0.1, 0.15) is 5.75 Å². The van der Waals surface area contributed by atoms with Crippen LogP contribution in [0, 0.1) is 6.92 Å². The number of benzene rings is 3. The molecule has 0 saturated heterocycles. The van der Waals surface area contributed by atoms with Gasteiger partial charge in [0.25, 0.3) is 5.91 Å². The Bertz CT molecular complexity index is 1090. The molecule has 0 unspecified atom stereocenters. The summed E-state index contributed by atoms with van der Waals surface area (Å²) in [6.45, 7) is 2.53. The Hall–Kier alpha value is -4.13. The van der Waals surface area contributed by atoms with E-state index in [0.29, 0.717) is 12.3 Å². The minimum absolute atomic E-state index is 0.189. The van der Waals surface area contributed by atoms with Crippen molar-refractivity contribution in [3.63, 3.8) is 0 Å². The molecule has 3 amide bonds. The lowest BCUT2D eigenvalue weighted by Gasteiger charge is -2.12. The monoisotopic (exact) mass is 431 g/mol. The van der Waals surface area contributed by atoms with E-state index < -0.39 is 11.8 Å². The largest absolute Gasteiger partial charge is 0.497 e. The fraction of sp³-hybridized carbons (Fsp3) is 0.160. The number of nitrogens with one attached hydrogen (secondary N) is 3. The number of rotatable bonds is 7. The molecule has 3 N–H and O–H groups in total. The van der Waals surface area contributed by atoms with Gasteiger partial charge in [-0.2, -0.15) is 0 Å². The first-order valence-corrected chi connectivity index (χ1v) is 10.1. The Morgan fingerprint density at radius 1 is 0.750 bits per heavy atom. The van der Waals surface area contributed by atoms with Crippen molar-refractivity contribution in [2.45, 2.75) is 20.0 Å². The van der Waals surface area contributed by atoms with Crippen LogP contribution in [0.1, 0.15) is 27.0 Å². The molecule has 0 aromatic heterocycles. The molecule has 0 fully saturated rings. The predicted molar refractivity (Wildman–Crippen MR) is 122 cm³/mol. The molecular weight excluding hydrogens is 406 g/mol. The van der Waals surface area contributed by atoms with Gasteiger partial charge in [-0.25, -0.2) is 0 Å². The SMILES string of the molecule is COc1ccc(CNC(=O)C(=O)Nc2ccccc2C(=O)NCc2ccc(C)cc2)cc1. The number of hydrogen-bond donors (Lipinski definition) is 3. The van der Waals surface area contributed by atoms with Crippen molar-refractivity contribution in [2.75, 3.05) is 12.4 Å². The number of ether oxygens (including phenoxy) is 1. The first-order valence-electron chi connectivity index (χ1n) is 10.1. The number of aryl methyl sites for hydroxylation is 1. The lowest BCUT2D eigenvalue weighted by molar-refractivity contribution is -0.136. The van der Waals surface area contributed by atoms with E-state index in [0.717, 1.165) is 16.7 Å². The third kappa shape index (κ3) is 6.18. The van der Waals surface area contributed by atoms with Crippen LogP contribution in [-0.4, -0.2) is 24.8 Å². The number of carbonyl (C=O) groups excluding carboxylic acids is 3. The van der Waals surface area contributed by atoms with Crippen LogP contribution < -0.4 is 20.7 Å². The van der Waals surface area contributed by atoms with E-state index in [4.69, 9.17) is 4.74 Å². The van der Waals surface area contributed by atoms with Crippen LogP contribution in [0.5, 0.6) is 5.75 Å². The van der Waals surface area contributed by atoms with Crippen molar-refractivity contribution in [2.24, 2.45) is 0 Å². The maximum Gasteiger partial charge on any atom is 0.313 e. The molecule has 3 rings (SSSR count). The fourth-order valence-corrected chi connectivity index (χ4v) is 2.96. The smallest absolute Gasteiger partial charge is 0.313 e. The molecule has 0 bridgehead atoms. The van der Waals surface area contributed by atoms with Crippen molar-refractivity contribution < 1.29 is 19.1 Å². The zero-order chi connectivity index (χ0) is 22.9. The normalized spacial score (nSPS) is 10.2. The van der Waals surface area contributed by atoms with Crippen molar-refractivity contribution in [1.29, 1.82) is 0 Å². The van der Waals surface area contributed by atoms with Crippen molar-refractivity contribution in [3.05, 3.63) is 95.1 Å². The van der Waals surface area contributed by atoms with Gasteiger partial charge in [-0.3, -0.25) is 14.4 Å². The number of hydrogen-bond acceptors (Lipinski definition) is 4. The van der Waals surface area contributed by atoms with E-state index in [1.165, 1.54) is 0 Å². The second kappa shape index (κ2) is 10.8. The first kappa shape index (κ1) is 22.6. The number of methoxy groups -OCH3 is 1. The molecule has 7 heteroatoms. The first-order chi connectivity index (χ1) is 15.5. The van der Waals surface area contributed by atoms with Gasteiger partial charge in [0.2, 0.25) is 0 Å². The van der Waals surface area contributed by atoms with Crippen LogP contribution in [0.3, 0.4) is 0 Å². The third-order valence-corrected chi connectivity index (χ3v) is 4.81. The molecule has 0 radical (unpaired) electrons. The van der Waals surface area contributed by atoms with Crippen molar-refractivity contribution >= 4 is 23.4 Å².